The number of nitrogens with zero attached hydrogens (tertiary/aromatic N) is 4. The average molecular weight is 762 g/mol. The van der Waals surface area contributed by atoms with Crippen molar-refractivity contribution in [2.45, 2.75) is 12.5 Å². The van der Waals surface area contributed by atoms with E-state index >= 15 is 0 Å². The van der Waals surface area contributed by atoms with E-state index in [9.17, 15) is 13.2 Å². The number of H-pyrrole nitrogens is 1. The van der Waals surface area contributed by atoms with E-state index in [1.54, 1.807) is 41.0 Å². The quantitative estimate of drug-likeness (QED) is 0.183. The van der Waals surface area contributed by atoms with Crippen LogP contribution in [0.2, 0.25) is 0 Å². The Hall–Kier alpha value is -7.45. The summed E-state index contributed by atoms with van der Waals surface area (Å²) in [5, 5.41) is 3.76. The van der Waals surface area contributed by atoms with Crippen LogP contribution in [-0.2, 0) is 12.5 Å². The maximum absolute atomic E-state index is 14.2. The standard InChI is InChI=1S/C50H32F3N5/c51-50(52,53)34-25-26-54-46(30-34)58-44-28-32(27-31-11-3-1-4-12-31)21-23-38(44)39-24-22-33(29-45(39)58)36-16-10-20-43-48(36)56-49(57(43)35-13-5-2-6-14-35)41-18-9-17-40-37-15-7-8-19-42(37)55-47(40)41/h1-26,28-30,55H,27H2/i27D2. The second kappa shape index (κ2) is 13.1. The predicted octanol–water partition coefficient (Wildman–Crippen LogP) is 13.1. The molecule has 0 saturated carbocycles. The molecular formula is C50H32F3N5. The molecule has 11 aromatic rings. The molecule has 8 heteroatoms. The van der Waals surface area contributed by atoms with Gasteiger partial charge in [-0.1, -0.05) is 115 Å². The van der Waals surface area contributed by atoms with E-state index in [1.807, 2.05) is 72.8 Å². The van der Waals surface area contributed by atoms with Gasteiger partial charge in [-0.15, -0.1) is 0 Å². The summed E-state index contributed by atoms with van der Waals surface area (Å²) in [4.78, 5) is 13.5. The maximum atomic E-state index is 14.2. The first-order valence-corrected chi connectivity index (χ1v) is 18.9. The highest BCUT2D eigenvalue weighted by molar-refractivity contribution is 6.13. The highest BCUT2D eigenvalue weighted by Gasteiger charge is 2.31. The van der Waals surface area contributed by atoms with Gasteiger partial charge in [-0.25, -0.2) is 9.97 Å². The van der Waals surface area contributed by atoms with E-state index in [0.717, 1.165) is 83.9 Å². The third-order valence-corrected chi connectivity index (χ3v) is 10.9. The molecule has 0 atom stereocenters. The lowest BCUT2D eigenvalue weighted by Crippen LogP contribution is -2.07. The van der Waals surface area contributed by atoms with Crippen LogP contribution < -0.4 is 0 Å². The van der Waals surface area contributed by atoms with Crippen LogP contribution >= 0.6 is 0 Å². The van der Waals surface area contributed by atoms with E-state index in [4.69, 9.17) is 7.73 Å². The number of imidazole rings is 1. The maximum Gasteiger partial charge on any atom is 0.416 e. The molecule has 0 bridgehead atoms. The number of alkyl halides is 3. The average Bonchev–Trinajstić information content (AvgIpc) is 3.96. The number of hydrogen-bond acceptors (Lipinski definition) is 2. The Morgan fingerprint density at radius 2 is 1.28 bits per heavy atom. The number of aromatic amines is 1. The fraction of sp³-hybridized carbons (Fsp3) is 0.0400. The molecule has 0 amide bonds. The van der Waals surface area contributed by atoms with E-state index in [-0.39, 0.29) is 5.82 Å². The third kappa shape index (κ3) is 5.48. The molecule has 0 aliphatic carbocycles. The van der Waals surface area contributed by atoms with Crippen molar-refractivity contribution < 1.29 is 15.9 Å². The van der Waals surface area contributed by atoms with Gasteiger partial charge in [0.2, 0.25) is 0 Å². The van der Waals surface area contributed by atoms with Crippen LogP contribution in [0.1, 0.15) is 19.4 Å². The van der Waals surface area contributed by atoms with Crippen molar-refractivity contribution in [1.29, 1.82) is 0 Å². The number of rotatable bonds is 6. The first kappa shape index (κ1) is 31.7. The molecule has 0 fully saturated rings. The molecule has 7 aromatic carbocycles. The van der Waals surface area contributed by atoms with Gasteiger partial charge in [0.15, 0.2) is 0 Å². The molecule has 0 unspecified atom stereocenters. The Morgan fingerprint density at radius 1 is 0.569 bits per heavy atom. The van der Waals surface area contributed by atoms with Crippen LogP contribution in [0, 0.1) is 0 Å². The molecule has 11 rings (SSSR count). The molecule has 58 heavy (non-hydrogen) atoms. The Labute approximate surface area is 333 Å². The van der Waals surface area contributed by atoms with Crippen molar-refractivity contribution in [3.63, 3.8) is 0 Å². The van der Waals surface area contributed by atoms with Crippen molar-refractivity contribution in [1.82, 2.24) is 24.1 Å². The van der Waals surface area contributed by atoms with Crippen LogP contribution in [0.5, 0.6) is 0 Å². The summed E-state index contributed by atoms with van der Waals surface area (Å²) in [5.41, 5.74) is 8.32. The number of hydrogen-bond donors (Lipinski definition) is 1. The van der Waals surface area contributed by atoms with Crippen molar-refractivity contribution in [2.75, 3.05) is 0 Å². The van der Waals surface area contributed by atoms with Crippen LogP contribution in [0.15, 0.2) is 176 Å². The summed E-state index contributed by atoms with van der Waals surface area (Å²) in [6.45, 7) is 0. The summed E-state index contributed by atoms with van der Waals surface area (Å²) in [7, 11) is 0. The predicted molar refractivity (Wildman–Crippen MR) is 228 cm³/mol. The van der Waals surface area contributed by atoms with E-state index in [0.29, 0.717) is 22.2 Å². The van der Waals surface area contributed by atoms with Crippen LogP contribution in [-0.4, -0.2) is 24.1 Å². The van der Waals surface area contributed by atoms with E-state index < -0.39 is 18.1 Å². The van der Waals surface area contributed by atoms with Gasteiger partial charge in [0.25, 0.3) is 0 Å². The molecule has 1 N–H and O–H groups in total. The van der Waals surface area contributed by atoms with Crippen LogP contribution in [0.3, 0.4) is 0 Å². The van der Waals surface area contributed by atoms with Crippen molar-refractivity contribution in [3.8, 4) is 34.0 Å². The number of nitrogens with one attached hydrogen (secondary N) is 1. The Morgan fingerprint density at radius 3 is 2.10 bits per heavy atom. The molecule has 5 nitrogen and oxygen atoms in total. The number of fused-ring (bicyclic) bond motifs is 7. The molecule has 0 saturated heterocycles. The molecule has 0 spiro atoms. The smallest absolute Gasteiger partial charge is 0.354 e. The Bertz CT molecular complexity index is 3460. The van der Waals surface area contributed by atoms with E-state index in [2.05, 4.69) is 63.1 Å². The Balaban J connectivity index is 1.17. The molecular weight excluding hydrogens is 728 g/mol. The van der Waals surface area contributed by atoms with Gasteiger partial charge in [0.1, 0.15) is 11.6 Å². The lowest BCUT2D eigenvalue weighted by Gasteiger charge is -2.12. The van der Waals surface area contributed by atoms with Crippen molar-refractivity contribution in [2.24, 2.45) is 0 Å². The highest BCUT2D eigenvalue weighted by atomic mass is 19.4. The van der Waals surface area contributed by atoms with Crippen LogP contribution in [0.25, 0.3) is 88.7 Å². The minimum absolute atomic E-state index is 0.0691. The van der Waals surface area contributed by atoms with Gasteiger partial charge < -0.3 is 4.98 Å². The van der Waals surface area contributed by atoms with Crippen molar-refractivity contribution >= 4 is 54.6 Å². The number of benzene rings is 7. The summed E-state index contributed by atoms with van der Waals surface area (Å²) in [6, 6.07) is 52.8. The van der Waals surface area contributed by atoms with Crippen LogP contribution in [0.4, 0.5) is 13.2 Å². The summed E-state index contributed by atoms with van der Waals surface area (Å²) >= 11 is 0. The summed E-state index contributed by atoms with van der Waals surface area (Å²) in [5.74, 6) is 0.823. The van der Waals surface area contributed by atoms with Gasteiger partial charge >= 0.3 is 6.18 Å². The highest BCUT2D eigenvalue weighted by Crippen LogP contribution is 2.41. The number of halogens is 3. The van der Waals surface area contributed by atoms with E-state index in [1.165, 1.54) is 6.20 Å². The van der Waals surface area contributed by atoms with Crippen molar-refractivity contribution in [3.05, 3.63) is 193 Å². The molecule has 4 aromatic heterocycles. The van der Waals surface area contributed by atoms with Gasteiger partial charge in [-0.3, -0.25) is 9.13 Å². The van der Waals surface area contributed by atoms with Gasteiger partial charge in [0.05, 0.1) is 33.1 Å². The minimum Gasteiger partial charge on any atom is -0.354 e. The molecule has 278 valence electrons. The lowest BCUT2D eigenvalue weighted by atomic mass is 10.0. The minimum atomic E-state index is -4.60. The molecule has 0 aliphatic rings. The first-order chi connectivity index (χ1) is 29.1. The summed E-state index contributed by atoms with van der Waals surface area (Å²) in [6.07, 6.45) is -5.32. The molecule has 0 aliphatic heterocycles. The summed E-state index contributed by atoms with van der Waals surface area (Å²) < 4.78 is 64.7. The van der Waals surface area contributed by atoms with Gasteiger partial charge in [-0.2, -0.15) is 13.2 Å². The number of aromatic nitrogens is 5. The zero-order chi connectivity index (χ0) is 40.8. The molecule has 0 radical (unpaired) electrons. The second-order valence-electron chi connectivity index (χ2n) is 14.4. The molecule has 4 heterocycles. The largest absolute Gasteiger partial charge is 0.416 e. The topological polar surface area (TPSA) is 51.4 Å². The lowest BCUT2D eigenvalue weighted by molar-refractivity contribution is -0.137. The monoisotopic (exact) mass is 761 g/mol. The zero-order valence-corrected chi connectivity index (χ0v) is 30.7. The van der Waals surface area contributed by atoms with Gasteiger partial charge in [-0.05, 0) is 77.7 Å². The normalized spacial score (nSPS) is 12.9. The fourth-order valence-corrected chi connectivity index (χ4v) is 8.33. The second-order valence-corrected chi connectivity index (χ2v) is 14.4. The van der Waals surface area contributed by atoms with Gasteiger partial charge in [0, 0.05) is 52.8 Å². The number of pyridine rings is 1. The zero-order valence-electron chi connectivity index (χ0n) is 32.7. The third-order valence-electron chi connectivity index (χ3n) is 10.9. The SMILES string of the molecule is [2H]C([2H])(c1ccccc1)c1ccc2c3ccc(-c4cccc5c4nc(-c4cccc6c4[nH]c4ccccc46)n5-c4ccccc4)cc3n(-c3cc(C(F)(F)F)ccn3)c2c1. The Kier molecular flexibility index (Phi) is 7.15. The fourth-order valence-electron chi connectivity index (χ4n) is 8.33. The number of para-hydroxylation sites is 4. The first-order valence-electron chi connectivity index (χ1n) is 19.9.